The van der Waals surface area contributed by atoms with E-state index in [0.717, 1.165) is 24.6 Å². The number of ether oxygens (including phenoxy) is 2. The lowest BCUT2D eigenvalue weighted by Crippen LogP contribution is -2.46. The number of rotatable bonds is 9. The maximum absolute atomic E-state index is 5.88. The summed E-state index contributed by atoms with van der Waals surface area (Å²) in [6.45, 7) is 6.74. The van der Waals surface area contributed by atoms with Crippen LogP contribution in [0.2, 0.25) is 0 Å². The van der Waals surface area contributed by atoms with E-state index in [4.69, 9.17) is 9.47 Å². The van der Waals surface area contributed by atoms with Crippen molar-refractivity contribution in [3.05, 3.63) is 46.2 Å². The number of hydrogen-bond donors (Lipinski definition) is 1. The average Bonchev–Trinajstić information content (AvgIpc) is 3.06. The predicted octanol–water partition coefficient (Wildman–Crippen LogP) is 3.77. The summed E-state index contributed by atoms with van der Waals surface area (Å²) in [4.78, 5) is 3.43. The van der Waals surface area contributed by atoms with E-state index in [1.807, 2.05) is 18.2 Å². The molecule has 2 aromatic rings. The first-order chi connectivity index (χ1) is 11.4. The van der Waals surface area contributed by atoms with E-state index in [9.17, 15) is 0 Å². The smallest absolute Gasteiger partial charge is 0.161 e. The van der Waals surface area contributed by atoms with Crippen LogP contribution < -0.4 is 14.8 Å². The van der Waals surface area contributed by atoms with Gasteiger partial charge in [0.2, 0.25) is 0 Å². The highest BCUT2D eigenvalue weighted by Gasteiger charge is 2.19. The first kappa shape index (κ1) is 18.8. The molecule has 2 rings (SSSR count). The Bertz CT molecular complexity index is 624. The monoisotopic (exact) mass is 348 g/mol. The summed E-state index contributed by atoms with van der Waals surface area (Å²) in [5.74, 6) is 1.56. The van der Waals surface area contributed by atoms with Crippen molar-refractivity contribution in [2.75, 3.05) is 27.7 Å². The molecule has 0 fully saturated rings. The van der Waals surface area contributed by atoms with Crippen LogP contribution in [0, 0.1) is 0 Å². The van der Waals surface area contributed by atoms with Gasteiger partial charge in [-0.3, -0.25) is 0 Å². The van der Waals surface area contributed by atoms with Gasteiger partial charge in [-0.15, -0.1) is 11.3 Å². The van der Waals surface area contributed by atoms with Crippen LogP contribution in [0.25, 0.3) is 0 Å². The molecule has 0 atom stereocenters. The molecule has 5 heteroatoms. The van der Waals surface area contributed by atoms with E-state index < -0.39 is 0 Å². The molecule has 0 saturated heterocycles. The van der Waals surface area contributed by atoms with E-state index in [2.05, 4.69) is 55.7 Å². The van der Waals surface area contributed by atoms with E-state index in [1.54, 1.807) is 18.4 Å². The summed E-state index contributed by atoms with van der Waals surface area (Å²) in [5.41, 5.74) is 1.30. The van der Waals surface area contributed by atoms with Crippen LogP contribution >= 0.6 is 11.3 Å². The van der Waals surface area contributed by atoms with E-state index in [0.29, 0.717) is 6.61 Å². The molecular formula is C19H28N2O2S. The summed E-state index contributed by atoms with van der Waals surface area (Å²) in [6.07, 6.45) is 0. The van der Waals surface area contributed by atoms with Crippen LogP contribution in [0.5, 0.6) is 11.5 Å². The standard InChI is InChI=1S/C19H28N2O2S/c1-19(2,21(3)4)14-20-12-15-8-9-17(18(11-15)22-5)23-13-16-7-6-10-24-16/h6-11,20H,12-14H2,1-5H3. The van der Waals surface area contributed by atoms with Gasteiger partial charge in [-0.1, -0.05) is 12.1 Å². The molecule has 4 nitrogen and oxygen atoms in total. The molecule has 0 aliphatic rings. The third kappa shape index (κ3) is 5.23. The van der Waals surface area contributed by atoms with Crippen LogP contribution in [0.15, 0.2) is 35.7 Å². The lowest BCUT2D eigenvalue weighted by Gasteiger charge is -2.32. The van der Waals surface area contributed by atoms with Crippen LogP contribution in [-0.2, 0) is 13.2 Å². The molecule has 1 aromatic heterocycles. The van der Waals surface area contributed by atoms with Gasteiger partial charge in [0, 0.05) is 23.5 Å². The minimum atomic E-state index is 0.119. The molecular weight excluding hydrogens is 320 g/mol. The normalized spacial score (nSPS) is 11.8. The molecule has 1 heterocycles. The Kier molecular flexibility index (Phi) is 6.66. The fraction of sp³-hybridized carbons (Fsp3) is 0.474. The second-order valence-corrected chi connectivity index (χ2v) is 7.70. The van der Waals surface area contributed by atoms with Crippen molar-refractivity contribution >= 4 is 11.3 Å². The molecule has 132 valence electrons. The molecule has 1 aromatic carbocycles. The zero-order valence-electron chi connectivity index (χ0n) is 15.3. The van der Waals surface area contributed by atoms with Gasteiger partial charge in [0.15, 0.2) is 11.5 Å². The largest absolute Gasteiger partial charge is 0.493 e. The molecule has 0 aliphatic carbocycles. The van der Waals surface area contributed by atoms with Crippen LogP contribution in [0.1, 0.15) is 24.3 Å². The van der Waals surface area contributed by atoms with Crippen LogP contribution in [0.3, 0.4) is 0 Å². The number of likely N-dealkylation sites (N-methyl/N-ethyl adjacent to an activating group) is 1. The van der Waals surface area contributed by atoms with Crippen molar-refractivity contribution in [2.24, 2.45) is 0 Å². The Morgan fingerprint density at radius 3 is 2.58 bits per heavy atom. The highest BCUT2D eigenvalue weighted by atomic mass is 32.1. The van der Waals surface area contributed by atoms with E-state index in [1.165, 1.54) is 10.4 Å². The molecule has 0 spiro atoms. The highest BCUT2D eigenvalue weighted by molar-refractivity contribution is 7.09. The van der Waals surface area contributed by atoms with Crippen molar-refractivity contribution in [3.8, 4) is 11.5 Å². The van der Waals surface area contributed by atoms with Crippen molar-refractivity contribution in [1.29, 1.82) is 0 Å². The van der Waals surface area contributed by atoms with E-state index >= 15 is 0 Å². The third-order valence-electron chi connectivity index (χ3n) is 4.28. The molecule has 0 amide bonds. The van der Waals surface area contributed by atoms with Gasteiger partial charge in [-0.25, -0.2) is 0 Å². The van der Waals surface area contributed by atoms with E-state index in [-0.39, 0.29) is 5.54 Å². The first-order valence-corrected chi connectivity index (χ1v) is 9.00. The summed E-state index contributed by atoms with van der Waals surface area (Å²) in [7, 11) is 5.88. The summed E-state index contributed by atoms with van der Waals surface area (Å²) >= 11 is 1.69. The molecule has 24 heavy (non-hydrogen) atoms. The summed E-state index contributed by atoms with van der Waals surface area (Å²) in [5, 5.41) is 5.57. The number of benzene rings is 1. The Labute approximate surface area is 149 Å². The van der Waals surface area contributed by atoms with Crippen molar-refractivity contribution in [1.82, 2.24) is 10.2 Å². The molecule has 0 radical (unpaired) electrons. The van der Waals surface area contributed by atoms with Crippen molar-refractivity contribution in [3.63, 3.8) is 0 Å². The molecule has 0 unspecified atom stereocenters. The number of nitrogens with one attached hydrogen (secondary N) is 1. The fourth-order valence-corrected chi connectivity index (χ4v) is 2.77. The molecule has 0 saturated carbocycles. The fourth-order valence-electron chi connectivity index (χ4n) is 2.16. The maximum atomic E-state index is 5.88. The summed E-state index contributed by atoms with van der Waals surface area (Å²) in [6, 6.07) is 10.2. The van der Waals surface area contributed by atoms with Gasteiger partial charge in [-0.2, -0.15) is 0 Å². The zero-order chi connectivity index (χ0) is 17.6. The quantitative estimate of drug-likeness (QED) is 0.748. The minimum Gasteiger partial charge on any atom is -0.493 e. The van der Waals surface area contributed by atoms with Crippen molar-refractivity contribution < 1.29 is 9.47 Å². The Morgan fingerprint density at radius 2 is 1.96 bits per heavy atom. The molecule has 1 N–H and O–H groups in total. The highest BCUT2D eigenvalue weighted by Crippen LogP contribution is 2.29. The topological polar surface area (TPSA) is 33.7 Å². The van der Waals surface area contributed by atoms with Crippen LogP contribution in [-0.4, -0.2) is 38.2 Å². The Hall–Kier alpha value is -1.56. The second-order valence-electron chi connectivity index (χ2n) is 6.66. The molecule has 0 aliphatic heterocycles. The Morgan fingerprint density at radius 1 is 1.17 bits per heavy atom. The SMILES string of the molecule is COc1cc(CNCC(C)(C)N(C)C)ccc1OCc1cccs1. The maximum Gasteiger partial charge on any atom is 0.161 e. The van der Waals surface area contributed by atoms with Gasteiger partial charge >= 0.3 is 0 Å². The lowest BCUT2D eigenvalue weighted by molar-refractivity contribution is 0.189. The Balaban J connectivity index is 1.93. The number of methoxy groups -OCH3 is 1. The van der Waals surface area contributed by atoms with Crippen LogP contribution in [0.4, 0.5) is 0 Å². The predicted molar refractivity (Wildman–Crippen MR) is 101 cm³/mol. The van der Waals surface area contributed by atoms with Crippen molar-refractivity contribution in [2.45, 2.75) is 32.5 Å². The minimum absolute atomic E-state index is 0.119. The molecule has 0 bridgehead atoms. The number of thiophene rings is 1. The second kappa shape index (κ2) is 8.51. The summed E-state index contributed by atoms with van der Waals surface area (Å²) < 4.78 is 11.4. The average molecular weight is 349 g/mol. The number of hydrogen-bond acceptors (Lipinski definition) is 5. The first-order valence-electron chi connectivity index (χ1n) is 8.12. The number of nitrogens with zero attached hydrogens (tertiary/aromatic N) is 1. The van der Waals surface area contributed by atoms with Gasteiger partial charge < -0.3 is 19.7 Å². The van der Waals surface area contributed by atoms with Gasteiger partial charge in [0.1, 0.15) is 6.61 Å². The van der Waals surface area contributed by atoms with Gasteiger partial charge in [0.25, 0.3) is 0 Å². The zero-order valence-corrected chi connectivity index (χ0v) is 16.1. The van der Waals surface area contributed by atoms with Gasteiger partial charge in [0.05, 0.1) is 7.11 Å². The lowest BCUT2D eigenvalue weighted by atomic mass is 10.0. The van der Waals surface area contributed by atoms with Gasteiger partial charge in [-0.05, 0) is 57.1 Å². The third-order valence-corrected chi connectivity index (χ3v) is 5.13.